The van der Waals surface area contributed by atoms with E-state index in [4.69, 9.17) is 4.42 Å². The van der Waals surface area contributed by atoms with Gasteiger partial charge in [-0.3, -0.25) is 4.79 Å². The van der Waals surface area contributed by atoms with Gasteiger partial charge >= 0.3 is 0 Å². The second-order valence-electron chi connectivity index (χ2n) is 4.00. The topological polar surface area (TPSA) is 42.2 Å². The molecule has 18 heavy (non-hydrogen) atoms. The number of nitrogens with one attached hydrogen (secondary N) is 1. The van der Waals surface area contributed by atoms with Gasteiger partial charge in [0, 0.05) is 4.47 Å². The maximum absolute atomic E-state index is 12.0. The molecule has 2 rings (SSSR count). The Hall–Kier alpha value is -1.07. The first-order chi connectivity index (χ1) is 8.47. The Morgan fingerprint density at radius 3 is 2.50 bits per heavy atom. The molecule has 3 nitrogen and oxygen atoms in total. The molecule has 0 radical (unpaired) electrons. The highest BCUT2D eigenvalue weighted by Crippen LogP contribution is 2.28. The summed E-state index contributed by atoms with van der Waals surface area (Å²) in [5.41, 5.74) is 2.90. The Morgan fingerprint density at radius 2 is 1.94 bits per heavy atom. The molecule has 0 bridgehead atoms. The minimum absolute atomic E-state index is 0.270. The number of benzene rings is 1. The van der Waals surface area contributed by atoms with E-state index in [-0.39, 0.29) is 11.7 Å². The number of hydrogen-bond acceptors (Lipinski definition) is 2. The van der Waals surface area contributed by atoms with Gasteiger partial charge in [-0.1, -0.05) is 6.07 Å². The average Bonchev–Trinajstić information content (AvgIpc) is 2.70. The van der Waals surface area contributed by atoms with Crippen molar-refractivity contribution < 1.29 is 9.21 Å². The van der Waals surface area contributed by atoms with E-state index in [0.717, 1.165) is 21.3 Å². The van der Waals surface area contributed by atoms with Crippen LogP contribution in [-0.2, 0) is 0 Å². The number of carbonyl (C=O) groups is 1. The number of anilines is 1. The van der Waals surface area contributed by atoms with Gasteiger partial charge in [0.1, 0.15) is 0 Å². The zero-order valence-corrected chi connectivity index (χ0v) is 13.1. The Bertz CT molecular complexity index is 582. The second kappa shape index (κ2) is 5.28. The molecule has 0 aliphatic carbocycles. The quantitative estimate of drug-likeness (QED) is 0.831. The molecule has 1 aromatic heterocycles. The van der Waals surface area contributed by atoms with E-state index >= 15 is 0 Å². The Balaban J connectivity index is 2.27. The second-order valence-corrected chi connectivity index (χ2v) is 5.63. The average molecular weight is 373 g/mol. The minimum atomic E-state index is -0.270. The van der Waals surface area contributed by atoms with E-state index in [0.29, 0.717) is 4.67 Å². The lowest BCUT2D eigenvalue weighted by molar-refractivity contribution is 0.0995. The first-order valence-electron chi connectivity index (χ1n) is 5.31. The maximum Gasteiger partial charge on any atom is 0.291 e. The van der Waals surface area contributed by atoms with Crippen LogP contribution in [0, 0.1) is 13.8 Å². The lowest BCUT2D eigenvalue weighted by Crippen LogP contribution is -2.12. The highest BCUT2D eigenvalue weighted by molar-refractivity contribution is 9.10. The van der Waals surface area contributed by atoms with Crippen LogP contribution >= 0.6 is 31.9 Å². The smallest absolute Gasteiger partial charge is 0.291 e. The molecule has 0 aliphatic heterocycles. The van der Waals surface area contributed by atoms with E-state index < -0.39 is 0 Å². The van der Waals surface area contributed by atoms with Gasteiger partial charge in [-0.2, -0.15) is 0 Å². The van der Waals surface area contributed by atoms with Crippen molar-refractivity contribution in [2.75, 3.05) is 5.32 Å². The SMILES string of the molecule is Cc1cc(C)c(NC(=O)c2ccc(Br)o2)c(Br)c1. The molecular formula is C13H11Br2NO2. The summed E-state index contributed by atoms with van der Waals surface area (Å²) < 4.78 is 6.61. The first kappa shape index (κ1) is 13.4. The van der Waals surface area contributed by atoms with E-state index in [1.807, 2.05) is 26.0 Å². The fourth-order valence-electron chi connectivity index (χ4n) is 1.69. The molecule has 0 saturated heterocycles. The molecule has 0 spiro atoms. The summed E-state index contributed by atoms with van der Waals surface area (Å²) in [6.45, 7) is 3.96. The molecule has 1 heterocycles. The van der Waals surface area contributed by atoms with E-state index in [2.05, 4.69) is 37.2 Å². The molecule has 0 atom stereocenters. The van der Waals surface area contributed by atoms with Crippen LogP contribution in [0.25, 0.3) is 0 Å². The van der Waals surface area contributed by atoms with Crippen molar-refractivity contribution in [2.24, 2.45) is 0 Å². The molecule has 1 amide bonds. The number of hydrogen-bond donors (Lipinski definition) is 1. The predicted molar refractivity (Wildman–Crippen MR) is 78.0 cm³/mol. The molecule has 0 fully saturated rings. The zero-order valence-electron chi connectivity index (χ0n) is 9.88. The van der Waals surface area contributed by atoms with Crippen LogP contribution in [0.2, 0.25) is 0 Å². The van der Waals surface area contributed by atoms with Crippen molar-refractivity contribution in [2.45, 2.75) is 13.8 Å². The number of halogens is 2. The van der Waals surface area contributed by atoms with Crippen LogP contribution in [0.4, 0.5) is 5.69 Å². The van der Waals surface area contributed by atoms with Gasteiger partial charge in [0.05, 0.1) is 5.69 Å². The fraction of sp³-hybridized carbons (Fsp3) is 0.154. The molecule has 1 N–H and O–H groups in total. The molecule has 1 aromatic carbocycles. The van der Waals surface area contributed by atoms with Crippen LogP contribution in [-0.4, -0.2) is 5.91 Å². The van der Waals surface area contributed by atoms with E-state index in [1.54, 1.807) is 12.1 Å². The molecule has 2 aromatic rings. The predicted octanol–water partition coefficient (Wildman–Crippen LogP) is 4.67. The third-order valence-corrected chi connectivity index (χ3v) is 3.52. The first-order valence-corrected chi connectivity index (χ1v) is 6.89. The number of furan rings is 1. The lowest BCUT2D eigenvalue weighted by Gasteiger charge is -2.10. The van der Waals surface area contributed by atoms with Crippen molar-refractivity contribution in [1.82, 2.24) is 0 Å². The van der Waals surface area contributed by atoms with Crippen LogP contribution in [0.5, 0.6) is 0 Å². The summed E-state index contributed by atoms with van der Waals surface area (Å²) in [6.07, 6.45) is 0. The number of amides is 1. The van der Waals surface area contributed by atoms with Crippen molar-refractivity contribution in [3.05, 3.63) is 50.3 Å². The summed E-state index contributed by atoms with van der Waals surface area (Å²) >= 11 is 6.62. The molecular weight excluding hydrogens is 362 g/mol. The normalized spacial score (nSPS) is 10.4. The molecule has 0 saturated carbocycles. The Morgan fingerprint density at radius 1 is 1.22 bits per heavy atom. The van der Waals surface area contributed by atoms with Crippen molar-refractivity contribution in [3.8, 4) is 0 Å². The molecule has 0 unspecified atom stereocenters. The Labute approximate surface area is 122 Å². The summed E-state index contributed by atoms with van der Waals surface area (Å²) in [4.78, 5) is 12.0. The fourth-order valence-corrected chi connectivity index (χ4v) is 2.76. The van der Waals surface area contributed by atoms with Crippen LogP contribution < -0.4 is 5.32 Å². The summed E-state index contributed by atoms with van der Waals surface area (Å²) in [7, 11) is 0. The van der Waals surface area contributed by atoms with Gasteiger partial charge in [0.2, 0.25) is 0 Å². The largest absolute Gasteiger partial charge is 0.444 e. The van der Waals surface area contributed by atoms with Gasteiger partial charge in [0.15, 0.2) is 10.4 Å². The highest BCUT2D eigenvalue weighted by Gasteiger charge is 2.13. The van der Waals surface area contributed by atoms with Gasteiger partial charge in [-0.15, -0.1) is 0 Å². The van der Waals surface area contributed by atoms with Crippen LogP contribution in [0.3, 0.4) is 0 Å². The summed E-state index contributed by atoms with van der Waals surface area (Å²) in [5, 5.41) is 2.83. The van der Waals surface area contributed by atoms with Crippen molar-refractivity contribution >= 4 is 43.5 Å². The number of aryl methyl sites for hydroxylation is 2. The van der Waals surface area contributed by atoms with Crippen LogP contribution in [0.15, 0.2) is 37.8 Å². The zero-order chi connectivity index (χ0) is 13.3. The number of rotatable bonds is 2. The maximum atomic E-state index is 12.0. The van der Waals surface area contributed by atoms with Gasteiger partial charge in [-0.05, 0) is 75.0 Å². The monoisotopic (exact) mass is 371 g/mol. The van der Waals surface area contributed by atoms with E-state index in [1.165, 1.54) is 0 Å². The molecule has 0 aliphatic rings. The summed E-state index contributed by atoms with van der Waals surface area (Å²) in [6, 6.07) is 7.28. The van der Waals surface area contributed by atoms with Crippen molar-refractivity contribution in [3.63, 3.8) is 0 Å². The number of carbonyl (C=O) groups excluding carboxylic acids is 1. The minimum Gasteiger partial charge on any atom is -0.444 e. The summed E-state index contributed by atoms with van der Waals surface area (Å²) in [5.74, 6) is 0.00195. The van der Waals surface area contributed by atoms with Crippen molar-refractivity contribution in [1.29, 1.82) is 0 Å². The van der Waals surface area contributed by atoms with E-state index in [9.17, 15) is 4.79 Å². The van der Waals surface area contributed by atoms with Gasteiger partial charge in [0.25, 0.3) is 5.91 Å². The molecule has 5 heteroatoms. The molecule has 94 valence electrons. The highest BCUT2D eigenvalue weighted by atomic mass is 79.9. The van der Waals surface area contributed by atoms with Gasteiger partial charge < -0.3 is 9.73 Å². The third-order valence-electron chi connectivity index (χ3n) is 2.47. The van der Waals surface area contributed by atoms with Crippen LogP contribution in [0.1, 0.15) is 21.7 Å². The lowest BCUT2D eigenvalue weighted by atomic mass is 10.1. The third kappa shape index (κ3) is 2.84. The standard InChI is InChI=1S/C13H11Br2NO2/c1-7-5-8(2)12(9(14)6-7)16-13(17)10-3-4-11(15)18-10/h3-6H,1-2H3,(H,16,17). The van der Waals surface area contributed by atoms with Gasteiger partial charge in [-0.25, -0.2) is 0 Å². The Kier molecular flexibility index (Phi) is 3.92.